The Balaban J connectivity index is 0.00000420. The van der Waals surface area contributed by atoms with Gasteiger partial charge >= 0.3 is 0 Å². The number of hydrogen-bond donors (Lipinski definition) is 2. The van der Waals surface area contributed by atoms with Gasteiger partial charge in [-0.1, -0.05) is 12.1 Å². The SMILES string of the molecule is CCNC(=NCc1cccc(OCCOC)c1)NCC(C)(C)N1CCOCC1.I. The molecule has 1 aromatic rings. The summed E-state index contributed by atoms with van der Waals surface area (Å²) in [4.78, 5) is 7.21. The predicted molar refractivity (Wildman–Crippen MR) is 129 cm³/mol. The van der Waals surface area contributed by atoms with Crippen molar-refractivity contribution in [1.29, 1.82) is 0 Å². The fraction of sp³-hybridized carbons (Fsp3) is 0.667. The maximum absolute atomic E-state index is 5.68. The number of hydrogen-bond acceptors (Lipinski definition) is 5. The van der Waals surface area contributed by atoms with Crippen LogP contribution in [0.3, 0.4) is 0 Å². The molecule has 1 aliphatic heterocycles. The van der Waals surface area contributed by atoms with Crippen LogP contribution in [0, 0.1) is 0 Å². The highest BCUT2D eigenvalue weighted by Crippen LogP contribution is 2.16. The van der Waals surface area contributed by atoms with Crippen molar-refractivity contribution in [2.75, 3.05) is 59.7 Å². The van der Waals surface area contributed by atoms with Crippen LogP contribution in [0.25, 0.3) is 0 Å². The molecule has 7 nitrogen and oxygen atoms in total. The van der Waals surface area contributed by atoms with Gasteiger partial charge in [0.05, 0.1) is 26.4 Å². The quantitative estimate of drug-likeness (QED) is 0.214. The number of halogens is 1. The zero-order valence-corrected chi connectivity index (χ0v) is 20.5. The summed E-state index contributed by atoms with van der Waals surface area (Å²) in [7, 11) is 1.67. The van der Waals surface area contributed by atoms with Crippen LogP contribution in [-0.2, 0) is 16.0 Å². The lowest BCUT2D eigenvalue weighted by Gasteiger charge is -2.41. The molecule has 166 valence electrons. The van der Waals surface area contributed by atoms with Gasteiger partial charge in [-0.15, -0.1) is 24.0 Å². The van der Waals surface area contributed by atoms with Crippen molar-refractivity contribution in [3.8, 4) is 5.75 Å². The summed E-state index contributed by atoms with van der Waals surface area (Å²) in [5.74, 6) is 1.67. The second-order valence-corrected chi connectivity index (χ2v) is 7.45. The Kier molecular flexibility index (Phi) is 12.5. The summed E-state index contributed by atoms with van der Waals surface area (Å²) in [6.07, 6.45) is 0. The summed E-state index contributed by atoms with van der Waals surface area (Å²) in [5, 5.41) is 6.83. The number of methoxy groups -OCH3 is 1. The normalized spacial score (nSPS) is 15.5. The van der Waals surface area contributed by atoms with E-state index in [4.69, 9.17) is 19.2 Å². The molecule has 0 aromatic heterocycles. The monoisotopic (exact) mass is 520 g/mol. The van der Waals surface area contributed by atoms with Gasteiger partial charge in [-0.25, -0.2) is 4.99 Å². The van der Waals surface area contributed by atoms with Gasteiger partial charge in [0.25, 0.3) is 0 Å². The van der Waals surface area contributed by atoms with Gasteiger partial charge in [0.2, 0.25) is 0 Å². The Morgan fingerprint density at radius 2 is 1.97 bits per heavy atom. The Morgan fingerprint density at radius 1 is 1.21 bits per heavy atom. The number of ether oxygens (including phenoxy) is 3. The van der Waals surface area contributed by atoms with Crippen molar-refractivity contribution in [1.82, 2.24) is 15.5 Å². The number of rotatable bonds is 10. The molecule has 2 N–H and O–H groups in total. The third kappa shape index (κ3) is 9.50. The molecule has 0 amide bonds. The Labute approximate surface area is 192 Å². The average molecular weight is 520 g/mol. The van der Waals surface area contributed by atoms with E-state index in [1.807, 2.05) is 18.2 Å². The fourth-order valence-corrected chi connectivity index (χ4v) is 3.07. The molecule has 1 heterocycles. The molecule has 0 bridgehead atoms. The lowest BCUT2D eigenvalue weighted by atomic mass is 10.0. The van der Waals surface area contributed by atoms with Crippen LogP contribution in [-0.4, -0.2) is 76.1 Å². The first kappa shape index (κ1) is 25.9. The maximum atomic E-state index is 5.68. The largest absolute Gasteiger partial charge is 0.491 e. The number of nitrogens with zero attached hydrogens (tertiary/aromatic N) is 2. The van der Waals surface area contributed by atoms with Gasteiger partial charge in [0, 0.05) is 38.8 Å². The van der Waals surface area contributed by atoms with Crippen LogP contribution in [0.2, 0.25) is 0 Å². The van der Waals surface area contributed by atoms with Crippen molar-refractivity contribution in [2.24, 2.45) is 4.99 Å². The Bertz CT molecular complexity index is 607. The second kappa shape index (κ2) is 14.0. The lowest BCUT2D eigenvalue weighted by Crippen LogP contribution is -2.56. The van der Waals surface area contributed by atoms with E-state index in [1.165, 1.54) is 0 Å². The van der Waals surface area contributed by atoms with Crippen molar-refractivity contribution in [3.05, 3.63) is 29.8 Å². The minimum Gasteiger partial charge on any atom is -0.491 e. The highest BCUT2D eigenvalue weighted by atomic mass is 127. The average Bonchev–Trinajstić information content (AvgIpc) is 2.71. The molecule has 0 radical (unpaired) electrons. The van der Waals surface area contributed by atoms with Crippen LogP contribution in [0.15, 0.2) is 29.3 Å². The topological polar surface area (TPSA) is 67.4 Å². The van der Waals surface area contributed by atoms with Crippen LogP contribution >= 0.6 is 24.0 Å². The highest BCUT2D eigenvalue weighted by molar-refractivity contribution is 14.0. The van der Waals surface area contributed by atoms with Crippen LogP contribution in [0.4, 0.5) is 0 Å². The second-order valence-electron chi connectivity index (χ2n) is 7.45. The molecule has 0 aliphatic carbocycles. The standard InChI is InChI=1S/C21H36N4O3.HI/c1-5-22-20(24-17-21(2,3)25-9-11-27-12-10-25)23-16-18-7-6-8-19(15-18)28-14-13-26-4;/h6-8,15H,5,9-14,16-17H2,1-4H3,(H2,22,23,24);1H. The first-order valence-electron chi connectivity index (χ1n) is 10.1. The summed E-state index contributed by atoms with van der Waals surface area (Å²) in [5.41, 5.74) is 1.15. The van der Waals surface area contributed by atoms with Gasteiger partial charge in [-0.2, -0.15) is 0 Å². The molecule has 1 aliphatic rings. The van der Waals surface area contributed by atoms with E-state index >= 15 is 0 Å². The van der Waals surface area contributed by atoms with Gasteiger partial charge < -0.3 is 24.8 Å². The summed E-state index contributed by atoms with van der Waals surface area (Å²) >= 11 is 0. The van der Waals surface area contributed by atoms with Gasteiger partial charge in [0.1, 0.15) is 12.4 Å². The maximum Gasteiger partial charge on any atom is 0.191 e. The van der Waals surface area contributed by atoms with Gasteiger partial charge in [-0.05, 0) is 38.5 Å². The Morgan fingerprint density at radius 3 is 2.66 bits per heavy atom. The molecule has 1 saturated heterocycles. The highest BCUT2D eigenvalue weighted by Gasteiger charge is 2.28. The van der Waals surface area contributed by atoms with E-state index in [0.717, 1.165) is 56.7 Å². The fourth-order valence-electron chi connectivity index (χ4n) is 3.07. The molecule has 0 unspecified atom stereocenters. The first-order chi connectivity index (χ1) is 13.5. The zero-order valence-electron chi connectivity index (χ0n) is 18.2. The number of nitrogens with one attached hydrogen (secondary N) is 2. The number of guanidine groups is 1. The van der Waals surface area contributed by atoms with E-state index < -0.39 is 0 Å². The molecule has 8 heteroatoms. The van der Waals surface area contributed by atoms with Crippen LogP contribution in [0.1, 0.15) is 26.3 Å². The van der Waals surface area contributed by atoms with Gasteiger partial charge in [0.15, 0.2) is 5.96 Å². The van der Waals surface area contributed by atoms with Crippen molar-refractivity contribution in [2.45, 2.75) is 32.9 Å². The summed E-state index contributed by atoms with van der Waals surface area (Å²) in [6, 6.07) is 8.04. The van der Waals surface area contributed by atoms with E-state index in [-0.39, 0.29) is 29.5 Å². The molecule has 0 spiro atoms. The van der Waals surface area contributed by atoms with E-state index in [1.54, 1.807) is 7.11 Å². The first-order valence-corrected chi connectivity index (χ1v) is 10.1. The minimum absolute atomic E-state index is 0. The summed E-state index contributed by atoms with van der Waals surface area (Å²) < 4.78 is 16.2. The van der Waals surface area contributed by atoms with Gasteiger partial charge in [-0.3, -0.25) is 4.90 Å². The third-order valence-corrected chi connectivity index (χ3v) is 4.77. The molecular weight excluding hydrogens is 483 g/mol. The smallest absolute Gasteiger partial charge is 0.191 e. The molecule has 29 heavy (non-hydrogen) atoms. The molecule has 1 aromatic carbocycles. The van der Waals surface area contributed by atoms with Crippen LogP contribution < -0.4 is 15.4 Å². The molecule has 0 saturated carbocycles. The van der Waals surface area contributed by atoms with E-state index in [0.29, 0.717) is 19.8 Å². The van der Waals surface area contributed by atoms with E-state index in [2.05, 4.69) is 42.4 Å². The Hall–Kier alpha value is -1.10. The number of morpholine rings is 1. The molecule has 2 rings (SSSR count). The predicted octanol–water partition coefficient (Wildman–Crippen LogP) is 2.50. The minimum atomic E-state index is 0. The van der Waals surface area contributed by atoms with Crippen molar-refractivity contribution < 1.29 is 14.2 Å². The van der Waals surface area contributed by atoms with Crippen molar-refractivity contribution in [3.63, 3.8) is 0 Å². The lowest BCUT2D eigenvalue weighted by molar-refractivity contribution is -0.00834. The zero-order chi connectivity index (χ0) is 20.2. The molecule has 0 atom stereocenters. The number of aliphatic imine (C=N–C) groups is 1. The molecule has 1 fully saturated rings. The third-order valence-electron chi connectivity index (χ3n) is 4.77. The number of benzene rings is 1. The van der Waals surface area contributed by atoms with E-state index in [9.17, 15) is 0 Å². The van der Waals surface area contributed by atoms with Crippen molar-refractivity contribution >= 4 is 29.9 Å². The summed E-state index contributed by atoms with van der Waals surface area (Å²) in [6.45, 7) is 13.5. The molecular formula is C21H37IN4O3. The van der Waals surface area contributed by atoms with Crippen LogP contribution in [0.5, 0.6) is 5.75 Å².